The molecule has 1 aliphatic carbocycles. The molecular weight excluding hydrogens is 218 g/mol. The van der Waals surface area contributed by atoms with Crippen LogP contribution < -0.4 is 5.32 Å². The van der Waals surface area contributed by atoms with Gasteiger partial charge in [0.2, 0.25) is 0 Å². The lowest BCUT2D eigenvalue weighted by molar-refractivity contribution is 0.262. The van der Waals surface area contributed by atoms with Crippen molar-refractivity contribution in [3.8, 4) is 0 Å². The van der Waals surface area contributed by atoms with Gasteiger partial charge >= 0.3 is 0 Å². The summed E-state index contributed by atoms with van der Waals surface area (Å²) in [4.78, 5) is 0. The maximum Gasteiger partial charge on any atom is 0.00684 e. The average Bonchev–Trinajstić information content (AvgIpc) is 3.22. The molecule has 0 amide bonds. The molecule has 0 spiro atoms. The van der Waals surface area contributed by atoms with Gasteiger partial charge < -0.3 is 5.32 Å². The number of benzene rings is 1. The Morgan fingerprint density at radius 1 is 1.22 bits per heavy atom. The Bertz CT molecular complexity index is 342. The van der Waals surface area contributed by atoms with Crippen molar-refractivity contribution in [3.05, 3.63) is 35.9 Å². The summed E-state index contributed by atoms with van der Waals surface area (Å²) in [5.41, 5.74) is 1.96. The molecule has 0 saturated heterocycles. The van der Waals surface area contributed by atoms with Crippen LogP contribution in [0.5, 0.6) is 0 Å². The van der Waals surface area contributed by atoms with E-state index >= 15 is 0 Å². The normalized spacial score (nSPS) is 18.6. The van der Waals surface area contributed by atoms with Gasteiger partial charge in [-0.1, -0.05) is 44.2 Å². The first-order chi connectivity index (χ1) is 8.72. The van der Waals surface area contributed by atoms with E-state index in [4.69, 9.17) is 0 Å². The van der Waals surface area contributed by atoms with Crippen LogP contribution in [-0.2, 0) is 6.42 Å². The molecule has 1 saturated carbocycles. The van der Waals surface area contributed by atoms with Gasteiger partial charge in [0.25, 0.3) is 0 Å². The van der Waals surface area contributed by atoms with Crippen molar-refractivity contribution in [2.24, 2.45) is 5.41 Å². The molecule has 0 heterocycles. The predicted molar refractivity (Wildman–Crippen MR) is 78.8 cm³/mol. The second kappa shape index (κ2) is 6.38. The SMILES string of the molecule is CCC(C)(CCCc1ccccc1)CNC1CC1. The molecule has 0 aromatic heterocycles. The largest absolute Gasteiger partial charge is 0.313 e. The van der Waals surface area contributed by atoms with Crippen LogP contribution in [0.25, 0.3) is 0 Å². The maximum atomic E-state index is 3.70. The Balaban J connectivity index is 1.71. The van der Waals surface area contributed by atoms with Crippen LogP contribution in [0.4, 0.5) is 0 Å². The van der Waals surface area contributed by atoms with Gasteiger partial charge in [-0.05, 0) is 49.5 Å². The average molecular weight is 245 g/mol. The van der Waals surface area contributed by atoms with Crippen LogP contribution in [-0.4, -0.2) is 12.6 Å². The molecule has 2 rings (SSSR count). The van der Waals surface area contributed by atoms with Crippen LogP contribution in [0, 0.1) is 5.41 Å². The third kappa shape index (κ3) is 4.45. The molecule has 100 valence electrons. The van der Waals surface area contributed by atoms with E-state index in [1.54, 1.807) is 0 Å². The second-order valence-corrected chi connectivity index (χ2v) is 6.16. The van der Waals surface area contributed by atoms with E-state index in [2.05, 4.69) is 49.5 Å². The Morgan fingerprint density at radius 2 is 1.94 bits per heavy atom. The molecule has 1 atom stereocenters. The van der Waals surface area contributed by atoms with Crippen LogP contribution in [0.15, 0.2) is 30.3 Å². The van der Waals surface area contributed by atoms with Gasteiger partial charge in [-0.15, -0.1) is 0 Å². The van der Waals surface area contributed by atoms with Gasteiger partial charge in [0.05, 0.1) is 0 Å². The highest BCUT2D eigenvalue weighted by molar-refractivity contribution is 5.14. The van der Waals surface area contributed by atoms with Crippen molar-refractivity contribution in [1.29, 1.82) is 0 Å². The standard InChI is InChI=1S/C17H27N/c1-3-17(2,14-18-16-11-12-16)13-7-10-15-8-5-4-6-9-15/h4-6,8-9,16,18H,3,7,10-14H2,1-2H3. The van der Waals surface area contributed by atoms with E-state index in [9.17, 15) is 0 Å². The van der Waals surface area contributed by atoms with Crippen molar-refractivity contribution in [1.82, 2.24) is 5.32 Å². The summed E-state index contributed by atoms with van der Waals surface area (Å²) in [5.74, 6) is 0. The Kier molecular flexibility index (Phi) is 4.82. The van der Waals surface area contributed by atoms with Crippen LogP contribution in [0.2, 0.25) is 0 Å². The van der Waals surface area contributed by atoms with Crippen molar-refractivity contribution < 1.29 is 0 Å². The fourth-order valence-corrected chi connectivity index (χ4v) is 2.43. The Hall–Kier alpha value is -0.820. The summed E-state index contributed by atoms with van der Waals surface area (Å²) in [5, 5.41) is 3.70. The number of rotatable bonds is 8. The van der Waals surface area contributed by atoms with E-state index < -0.39 is 0 Å². The fraction of sp³-hybridized carbons (Fsp3) is 0.647. The number of nitrogens with one attached hydrogen (secondary N) is 1. The van der Waals surface area contributed by atoms with Crippen LogP contribution in [0.3, 0.4) is 0 Å². The lowest BCUT2D eigenvalue weighted by Crippen LogP contribution is -2.32. The van der Waals surface area contributed by atoms with Crippen LogP contribution in [0.1, 0.15) is 51.5 Å². The lowest BCUT2D eigenvalue weighted by atomic mass is 9.81. The zero-order chi connectivity index (χ0) is 12.8. The predicted octanol–water partition coefficient (Wildman–Crippen LogP) is 4.18. The number of aryl methyl sites for hydroxylation is 1. The topological polar surface area (TPSA) is 12.0 Å². The fourth-order valence-electron chi connectivity index (χ4n) is 2.43. The Morgan fingerprint density at radius 3 is 2.56 bits per heavy atom. The lowest BCUT2D eigenvalue weighted by Gasteiger charge is -2.29. The highest BCUT2D eigenvalue weighted by Gasteiger charge is 2.26. The highest BCUT2D eigenvalue weighted by Crippen LogP contribution is 2.29. The summed E-state index contributed by atoms with van der Waals surface area (Å²) in [7, 11) is 0. The van der Waals surface area contributed by atoms with Gasteiger partial charge in [0.15, 0.2) is 0 Å². The molecule has 1 nitrogen and oxygen atoms in total. The molecule has 1 N–H and O–H groups in total. The summed E-state index contributed by atoms with van der Waals surface area (Å²) < 4.78 is 0. The first-order valence-electron chi connectivity index (χ1n) is 7.49. The maximum absolute atomic E-state index is 3.70. The molecule has 1 unspecified atom stereocenters. The van der Waals surface area contributed by atoms with Crippen molar-refractivity contribution in [2.75, 3.05) is 6.54 Å². The van der Waals surface area contributed by atoms with E-state index in [1.165, 1.54) is 50.6 Å². The van der Waals surface area contributed by atoms with Crippen LogP contribution >= 0.6 is 0 Å². The Labute approximate surface area is 112 Å². The van der Waals surface area contributed by atoms with E-state index in [-0.39, 0.29) is 0 Å². The summed E-state index contributed by atoms with van der Waals surface area (Å²) in [6.07, 6.45) is 7.92. The van der Waals surface area contributed by atoms with Gasteiger partial charge in [0.1, 0.15) is 0 Å². The van der Waals surface area contributed by atoms with Gasteiger partial charge in [-0.2, -0.15) is 0 Å². The number of hydrogen-bond donors (Lipinski definition) is 1. The van der Waals surface area contributed by atoms with Gasteiger partial charge in [-0.3, -0.25) is 0 Å². The number of hydrogen-bond acceptors (Lipinski definition) is 1. The van der Waals surface area contributed by atoms with Crippen molar-refractivity contribution in [3.63, 3.8) is 0 Å². The molecule has 0 aliphatic heterocycles. The van der Waals surface area contributed by atoms with Crippen molar-refractivity contribution >= 4 is 0 Å². The first kappa shape index (κ1) is 13.6. The minimum atomic E-state index is 0.484. The molecule has 1 fully saturated rings. The second-order valence-electron chi connectivity index (χ2n) is 6.16. The molecule has 1 aromatic carbocycles. The van der Waals surface area contributed by atoms with E-state index in [1.807, 2.05) is 0 Å². The third-order valence-electron chi connectivity index (χ3n) is 4.34. The van der Waals surface area contributed by atoms with Gasteiger partial charge in [-0.25, -0.2) is 0 Å². The zero-order valence-electron chi connectivity index (χ0n) is 11.9. The first-order valence-corrected chi connectivity index (χ1v) is 7.49. The van der Waals surface area contributed by atoms with Crippen molar-refractivity contribution in [2.45, 2.75) is 58.4 Å². The third-order valence-corrected chi connectivity index (χ3v) is 4.34. The minimum Gasteiger partial charge on any atom is -0.313 e. The van der Waals surface area contributed by atoms with E-state index in [0.29, 0.717) is 5.41 Å². The molecule has 1 aliphatic rings. The summed E-state index contributed by atoms with van der Waals surface area (Å²) in [6.45, 7) is 5.97. The zero-order valence-corrected chi connectivity index (χ0v) is 11.9. The minimum absolute atomic E-state index is 0.484. The van der Waals surface area contributed by atoms with Gasteiger partial charge in [0, 0.05) is 12.6 Å². The quantitative estimate of drug-likeness (QED) is 0.724. The van der Waals surface area contributed by atoms with E-state index in [0.717, 1.165) is 6.04 Å². The molecule has 0 radical (unpaired) electrons. The smallest absolute Gasteiger partial charge is 0.00684 e. The molecule has 1 aromatic rings. The molecule has 18 heavy (non-hydrogen) atoms. The monoisotopic (exact) mass is 245 g/mol. The summed E-state index contributed by atoms with van der Waals surface area (Å²) in [6, 6.07) is 11.7. The molecular formula is C17H27N. The molecule has 0 bridgehead atoms. The molecule has 1 heteroatoms. The highest BCUT2D eigenvalue weighted by atomic mass is 15.0. The summed E-state index contributed by atoms with van der Waals surface area (Å²) >= 11 is 0.